The number of aliphatic hydroxyl groups excluding tert-OH is 1. The van der Waals surface area contributed by atoms with Gasteiger partial charge >= 0.3 is 5.97 Å². The Bertz CT molecular complexity index is 114. The molecule has 0 aliphatic carbocycles. The molecule has 0 aromatic carbocycles. The van der Waals surface area contributed by atoms with Gasteiger partial charge in [0.1, 0.15) is 0 Å². The maximum Gasteiger partial charge on any atom is 0.310 e. The first-order chi connectivity index (χ1) is 4.57. The zero-order valence-electron chi connectivity index (χ0n) is 6.94. The molecule has 0 radical (unpaired) electrons. The average molecular weight is 397 g/mol. The monoisotopic (exact) mass is 395 g/mol. The van der Waals surface area contributed by atoms with Crippen molar-refractivity contribution in [3.63, 3.8) is 0 Å². The van der Waals surface area contributed by atoms with E-state index in [4.69, 9.17) is 5.11 Å². The maximum absolute atomic E-state index is 10.8. The molecule has 3 nitrogen and oxygen atoms in total. The molecule has 11 heavy (non-hydrogen) atoms. The van der Waals surface area contributed by atoms with Crippen molar-refractivity contribution in [2.45, 2.75) is 33.5 Å². The van der Waals surface area contributed by atoms with Gasteiger partial charge in [0.2, 0.25) is 0 Å². The first-order valence-electron chi connectivity index (χ1n) is 3.46. The van der Waals surface area contributed by atoms with E-state index in [2.05, 4.69) is 4.74 Å². The molecule has 0 aromatic rings. The molecule has 0 amide bonds. The number of esters is 1. The number of carbonyl (C=O) groups excluding carboxylic acids is 1. The molecule has 2 atom stereocenters. The molecule has 4 heteroatoms. The predicted molar refractivity (Wildman–Crippen MR) is 37.2 cm³/mol. The van der Waals surface area contributed by atoms with Crippen LogP contribution in [0, 0.1) is 5.92 Å². The van der Waals surface area contributed by atoms with E-state index in [0.29, 0.717) is 0 Å². The van der Waals surface area contributed by atoms with E-state index in [9.17, 15) is 4.79 Å². The maximum atomic E-state index is 10.8. The predicted octanol–water partition coefficient (Wildman–Crippen LogP) is 0.914. The van der Waals surface area contributed by atoms with Crippen LogP contribution >= 0.6 is 0 Å². The van der Waals surface area contributed by atoms with Crippen molar-refractivity contribution < 1.29 is 14.6 Å². The van der Waals surface area contributed by atoms with Crippen molar-refractivity contribution in [3.8, 4) is 0 Å². The Hall–Kier alpha value is -1.57. The Morgan fingerprint density at radius 2 is 2.00 bits per heavy atom. The van der Waals surface area contributed by atoms with E-state index in [0.717, 1.165) is 6.42 Å². The standard InChI is InChI=1S/C7H14O3.Cf/c1-4-5(2)7(9)10-6(3)8;/h5-6,8H,4H2,1-3H3;. The van der Waals surface area contributed by atoms with Gasteiger partial charge in [-0.25, -0.2) is 0 Å². The van der Waals surface area contributed by atoms with Gasteiger partial charge in [0.25, 0.3) is 0 Å². The Labute approximate surface area is 61.0 Å². The number of rotatable bonds is 3. The number of hydrogen-bond donors (Lipinski definition) is 1. The van der Waals surface area contributed by atoms with Gasteiger partial charge in [0, 0.05) is 0 Å². The van der Waals surface area contributed by atoms with Gasteiger partial charge in [-0.15, -0.1) is 0 Å². The molecule has 70 valence electrons. The summed E-state index contributed by atoms with van der Waals surface area (Å²) in [6.07, 6.45) is -0.243. The van der Waals surface area contributed by atoms with E-state index >= 15 is 0 Å². The number of aliphatic hydroxyl groups is 1. The number of carbonyl (C=O) groups is 1. The van der Waals surface area contributed by atoms with Gasteiger partial charge in [-0.1, -0.05) is 13.8 Å². The molecule has 2 unspecified atom stereocenters. The third-order valence-corrected chi connectivity index (χ3v) is 1.30. The molecule has 0 rings (SSSR count). The summed E-state index contributed by atoms with van der Waals surface area (Å²) in [5.74, 6) is -0.452. The van der Waals surface area contributed by atoms with Crippen LogP contribution in [0.2, 0.25) is 0 Å². The summed E-state index contributed by atoms with van der Waals surface area (Å²) >= 11 is 0. The summed E-state index contributed by atoms with van der Waals surface area (Å²) < 4.78 is 4.52. The van der Waals surface area contributed by atoms with Crippen molar-refractivity contribution in [1.82, 2.24) is 0 Å². The zero-order valence-corrected chi connectivity index (χ0v) is 9.58. The minimum atomic E-state index is -0.985. The van der Waals surface area contributed by atoms with E-state index in [1.54, 1.807) is 6.92 Å². The molecule has 0 aliphatic heterocycles. The van der Waals surface area contributed by atoms with Crippen molar-refractivity contribution in [3.05, 3.63) is 0 Å². The summed E-state index contributed by atoms with van der Waals surface area (Å²) in [6.45, 7) is 5.08. The van der Waals surface area contributed by atoms with Gasteiger partial charge in [0.05, 0.1) is 5.92 Å². The molecule has 0 saturated carbocycles. The van der Waals surface area contributed by atoms with Gasteiger partial charge < -0.3 is 9.84 Å². The van der Waals surface area contributed by atoms with Gasteiger partial charge in [0.15, 0.2) is 6.29 Å². The van der Waals surface area contributed by atoms with Crippen LogP contribution in [0.25, 0.3) is 0 Å². The number of ether oxygens (including phenoxy) is 1. The van der Waals surface area contributed by atoms with Gasteiger partial charge in [-0.3, -0.25) is 4.79 Å². The Kier molecular flexibility index (Phi) is 5.78. The Morgan fingerprint density at radius 3 is 2.27 bits per heavy atom. The van der Waals surface area contributed by atoms with E-state index in [1.807, 2.05) is 6.92 Å². The van der Waals surface area contributed by atoms with Crippen LogP contribution in [0.15, 0.2) is 0 Å². The fourth-order valence-electron chi connectivity index (χ4n) is 0.451. The van der Waals surface area contributed by atoms with Crippen LogP contribution in [-0.2, 0) is 9.53 Å². The van der Waals surface area contributed by atoms with Crippen LogP contribution in [0.1, 0.15) is 27.2 Å². The van der Waals surface area contributed by atoms with Crippen LogP contribution in [0.5, 0.6) is 0 Å². The van der Waals surface area contributed by atoms with E-state index in [1.165, 1.54) is 6.92 Å². The third-order valence-electron chi connectivity index (χ3n) is 1.30. The quantitative estimate of drug-likeness (QED) is 0.569. The normalized spacial score (nSPS) is 14.5. The summed E-state index contributed by atoms with van der Waals surface area (Å²) in [6, 6.07) is 0. The van der Waals surface area contributed by atoms with Gasteiger partial charge in [-0.2, -0.15) is 0 Å². The minimum Gasteiger partial charge on any atom is -0.436 e. The molecule has 0 aliphatic rings. The minimum absolute atomic E-state index is 0. The van der Waals surface area contributed by atoms with Crippen LogP contribution < -0.4 is 0 Å². The second-order valence-corrected chi connectivity index (χ2v) is 2.35. The topological polar surface area (TPSA) is 46.5 Å². The fourth-order valence-corrected chi connectivity index (χ4v) is 0.451. The average Bonchev–Trinajstić information content (AvgIpc) is 1.85. The van der Waals surface area contributed by atoms with Crippen LogP contribution in [0.4, 0.5) is 0 Å². The van der Waals surface area contributed by atoms with Crippen LogP contribution in [-0.4, -0.2) is 17.4 Å². The molecular weight excluding hydrogens is 383 g/mol. The summed E-state index contributed by atoms with van der Waals surface area (Å²) in [5.41, 5.74) is 0. The zero-order chi connectivity index (χ0) is 8.15. The molecule has 0 heterocycles. The fraction of sp³-hybridized carbons (Fsp3) is 0.857. The molecule has 0 bridgehead atoms. The third kappa shape index (κ3) is 4.90. The number of hydrogen-bond acceptors (Lipinski definition) is 3. The molecule has 0 spiro atoms. The van der Waals surface area contributed by atoms with Crippen molar-refractivity contribution in [2.75, 3.05) is 0 Å². The van der Waals surface area contributed by atoms with Crippen molar-refractivity contribution in [2.24, 2.45) is 5.92 Å². The largest absolute Gasteiger partial charge is 0.436 e. The molecule has 0 aromatic heterocycles. The smallest absolute Gasteiger partial charge is 0.310 e. The van der Waals surface area contributed by atoms with E-state index < -0.39 is 6.29 Å². The summed E-state index contributed by atoms with van der Waals surface area (Å²) in [5, 5.41) is 8.62. The van der Waals surface area contributed by atoms with Crippen molar-refractivity contribution >= 4 is 5.97 Å². The molecule has 0 saturated heterocycles. The molecule has 1 N–H and O–H groups in total. The van der Waals surface area contributed by atoms with Crippen molar-refractivity contribution in [1.29, 1.82) is 0 Å². The first-order valence-corrected chi connectivity index (χ1v) is 3.46. The second kappa shape index (κ2) is 5.23. The van der Waals surface area contributed by atoms with E-state index in [-0.39, 0.29) is 11.9 Å². The SMILES string of the molecule is CCC(C)C(=O)OC(C)O.[Cf]. The summed E-state index contributed by atoms with van der Waals surface area (Å²) in [4.78, 5) is 10.8. The van der Waals surface area contributed by atoms with Gasteiger partial charge in [-0.05, 0) is 13.3 Å². The van der Waals surface area contributed by atoms with Crippen LogP contribution in [0.3, 0.4) is 0 Å². The Balaban J connectivity index is 0. The second-order valence-electron chi connectivity index (χ2n) is 2.35. The molecule has 0 fully saturated rings. The molecular formula is C7H14CfO3. The Morgan fingerprint density at radius 1 is 1.55 bits per heavy atom. The summed E-state index contributed by atoms with van der Waals surface area (Å²) in [7, 11) is 0. The first kappa shape index (κ1) is 12.1.